The van der Waals surface area contributed by atoms with Crippen LogP contribution in [0.25, 0.3) is 10.4 Å². The molecular weight excluding hydrogens is 311 g/mol. The molecule has 0 spiro atoms. The summed E-state index contributed by atoms with van der Waals surface area (Å²) in [4.78, 5) is 14.8. The lowest BCUT2D eigenvalue weighted by molar-refractivity contribution is 0.0984. The molecule has 1 aromatic heterocycles. The van der Waals surface area contributed by atoms with Gasteiger partial charge in [0.2, 0.25) is 5.78 Å². The number of aromatic nitrogens is 1. The van der Waals surface area contributed by atoms with Crippen molar-refractivity contribution < 1.29 is 4.79 Å². The lowest BCUT2D eigenvalue weighted by Crippen LogP contribution is -2.26. The van der Waals surface area contributed by atoms with E-state index in [0.29, 0.717) is 0 Å². The summed E-state index contributed by atoms with van der Waals surface area (Å²) in [5.41, 5.74) is 8.71. The Hall–Kier alpha value is -0.870. The lowest BCUT2D eigenvalue weighted by atomic mass is 10.0. The minimum Gasteiger partial charge on any atom is -0.342 e. The summed E-state index contributed by atoms with van der Waals surface area (Å²) >= 11 is 16.9. The molecule has 0 fully saturated rings. The van der Waals surface area contributed by atoms with Crippen LogP contribution in [0, 0.1) is 5.92 Å². The van der Waals surface area contributed by atoms with Crippen molar-refractivity contribution in [3.05, 3.63) is 34.5 Å². The molecule has 1 atom stereocenters. The number of nitrogens with zero attached hydrogens (tertiary/aromatic N) is 4. The summed E-state index contributed by atoms with van der Waals surface area (Å²) in [6, 6.07) is 3.10. The first kappa shape index (κ1) is 16.2. The lowest BCUT2D eigenvalue weighted by Gasteiger charge is -2.24. The van der Waals surface area contributed by atoms with Crippen molar-refractivity contribution in [1.29, 1.82) is 0 Å². The minimum atomic E-state index is -2.00. The van der Waals surface area contributed by atoms with Crippen LogP contribution in [-0.4, -0.2) is 20.7 Å². The molecule has 1 rings (SSSR count). The molecule has 0 unspecified atom stereocenters. The van der Waals surface area contributed by atoms with Gasteiger partial charge in [-0.25, -0.2) is 0 Å². The maximum absolute atomic E-state index is 12.0. The van der Waals surface area contributed by atoms with Gasteiger partial charge in [0.05, 0.1) is 5.69 Å². The predicted molar refractivity (Wildman–Crippen MR) is 76.9 cm³/mol. The number of hydrogen-bond acceptors (Lipinski definition) is 2. The number of ketones is 1. The predicted octanol–water partition coefficient (Wildman–Crippen LogP) is 4.55. The molecule has 0 N–H and O–H groups in total. The molecule has 19 heavy (non-hydrogen) atoms. The van der Waals surface area contributed by atoms with Gasteiger partial charge in [-0.05, 0) is 23.6 Å². The van der Waals surface area contributed by atoms with E-state index in [9.17, 15) is 4.79 Å². The maximum Gasteiger partial charge on any atom is 0.255 e. The third-order valence-electron chi connectivity index (χ3n) is 2.73. The molecule has 5 nitrogen and oxygen atoms in total. The first-order valence-electron chi connectivity index (χ1n) is 5.58. The van der Waals surface area contributed by atoms with E-state index in [1.807, 2.05) is 13.8 Å². The van der Waals surface area contributed by atoms with Crippen LogP contribution < -0.4 is 0 Å². The van der Waals surface area contributed by atoms with E-state index in [1.165, 1.54) is 0 Å². The van der Waals surface area contributed by atoms with Gasteiger partial charge < -0.3 is 4.57 Å². The number of azide groups is 1. The summed E-state index contributed by atoms with van der Waals surface area (Å²) < 4.78 is -0.320. The summed E-state index contributed by atoms with van der Waals surface area (Å²) in [6.07, 6.45) is 1.71. The van der Waals surface area contributed by atoms with Crippen LogP contribution in [0.1, 0.15) is 30.4 Å². The highest BCUT2D eigenvalue weighted by Crippen LogP contribution is 2.32. The normalized spacial score (nSPS) is 13.2. The van der Waals surface area contributed by atoms with Gasteiger partial charge in [-0.1, -0.05) is 53.8 Å². The Morgan fingerprint density at radius 1 is 1.53 bits per heavy atom. The Balaban J connectivity index is 3.16. The van der Waals surface area contributed by atoms with Crippen molar-refractivity contribution in [2.75, 3.05) is 6.54 Å². The summed E-state index contributed by atoms with van der Waals surface area (Å²) in [5.74, 6) is -0.450. The Morgan fingerprint density at radius 3 is 2.63 bits per heavy atom. The smallest absolute Gasteiger partial charge is 0.255 e. The van der Waals surface area contributed by atoms with Crippen LogP contribution in [0.3, 0.4) is 0 Å². The topological polar surface area (TPSA) is 70.8 Å². The van der Waals surface area contributed by atoms with Crippen molar-refractivity contribution in [3.8, 4) is 0 Å². The van der Waals surface area contributed by atoms with E-state index in [4.69, 9.17) is 40.3 Å². The zero-order chi connectivity index (χ0) is 14.6. The van der Waals surface area contributed by atoms with E-state index >= 15 is 0 Å². The van der Waals surface area contributed by atoms with Crippen LogP contribution in [0.5, 0.6) is 0 Å². The van der Waals surface area contributed by atoms with Crippen molar-refractivity contribution in [1.82, 2.24) is 4.57 Å². The molecule has 0 aromatic carbocycles. The number of carbonyl (C=O) groups is 1. The highest BCUT2D eigenvalue weighted by atomic mass is 35.6. The van der Waals surface area contributed by atoms with Crippen LogP contribution in [0.2, 0.25) is 0 Å². The standard InChI is InChI=1S/C11H13Cl3N4O/c1-7(2)9(6-16-17-15)18-5-3-4-8(18)10(19)11(12,13)14/h3-5,7,9H,6H2,1-2H3/t9-/m1/s1. The molecule has 1 heterocycles. The number of Topliss-reactive ketones (excluding diaryl/α,β-unsaturated/α-hetero) is 1. The van der Waals surface area contributed by atoms with Crippen molar-refractivity contribution in [2.24, 2.45) is 11.0 Å². The van der Waals surface area contributed by atoms with Crippen LogP contribution in [0.15, 0.2) is 23.4 Å². The van der Waals surface area contributed by atoms with Crippen LogP contribution in [-0.2, 0) is 0 Å². The van der Waals surface area contributed by atoms with Gasteiger partial charge in [0, 0.05) is 23.7 Å². The summed E-state index contributed by atoms with van der Waals surface area (Å²) in [5, 5.41) is 3.56. The van der Waals surface area contributed by atoms with Gasteiger partial charge in [-0.2, -0.15) is 0 Å². The van der Waals surface area contributed by atoms with Gasteiger partial charge in [0.15, 0.2) is 0 Å². The Kier molecular flexibility index (Phi) is 5.56. The Labute approximate surface area is 126 Å². The molecule has 0 aliphatic carbocycles. The number of halogens is 3. The van der Waals surface area contributed by atoms with Crippen molar-refractivity contribution >= 4 is 40.6 Å². The quantitative estimate of drug-likeness (QED) is 0.258. The fourth-order valence-corrected chi connectivity index (χ4v) is 2.05. The van der Waals surface area contributed by atoms with Gasteiger partial charge >= 0.3 is 0 Å². The molecule has 0 amide bonds. The minimum absolute atomic E-state index is 0.153. The molecular formula is C11H13Cl3N4O. The second-order valence-electron chi connectivity index (χ2n) is 4.35. The fourth-order valence-electron chi connectivity index (χ4n) is 1.76. The van der Waals surface area contributed by atoms with Gasteiger partial charge in [-0.3, -0.25) is 4.79 Å². The summed E-state index contributed by atoms with van der Waals surface area (Å²) in [7, 11) is 0. The SMILES string of the molecule is CC(C)[C@@H](CN=[N+]=[N-])n1cccc1C(=O)C(Cl)(Cl)Cl. The second-order valence-corrected chi connectivity index (χ2v) is 6.63. The first-order valence-corrected chi connectivity index (χ1v) is 6.71. The van der Waals surface area contributed by atoms with E-state index in [-0.39, 0.29) is 24.2 Å². The Morgan fingerprint density at radius 2 is 2.16 bits per heavy atom. The zero-order valence-corrected chi connectivity index (χ0v) is 12.7. The van der Waals surface area contributed by atoms with Gasteiger partial charge in [-0.15, -0.1) is 0 Å². The van der Waals surface area contributed by atoms with E-state index in [2.05, 4.69) is 10.0 Å². The summed E-state index contributed by atoms with van der Waals surface area (Å²) in [6.45, 7) is 4.14. The van der Waals surface area contributed by atoms with Crippen molar-refractivity contribution in [3.63, 3.8) is 0 Å². The number of alkyl halides is 3. The first-order chi connectivity index (χ1) is 8.79. The average Bonchev–Trinajstić information content (AvgIpc) is 2.75. The van der Waals surface area contributed by atoms with Gasteiger partial charge in [0.1, 0.15) is 0 Å². The molecule has 0 aliphatic heterocycles. The van der Waals surface area contributed by atoms with Crippen molar-refractivity contribution in [2.45, 2.75) is 23.7 Å². The molecule has 0 saturated carbocycles. The molecule has 0 bridgehead atoms. The van der Waals surface area contributed by atoms with Crippen LogP contribution in [0.4, 0.5) is 0 Å². The van der Waals surface area contributed by atoms with Crippen LogP contribution >= 0.6 is 34.8 Å². The van der Waals surface area contributed by atoms with E-state index in [0.717, 1.165) is 0 Å². The molecule has 0 saturated heterocycles. The van der Waals surface area contributed by atoms with E-state index in [1.54, 1.807) is 22.9 Å². The highest BCUT2D eigenvalue weighted by Gasteiger charge is 2.34. The average molecular weight is 324 g/mol. The molecule has 8 heteroatoms. The molecule has 0 aliphatic rings. The van der Waals surface area contributed by atoms with Gasteiger partial charge in [0.25, 0.3) is 3.79 Å². The monoisotopic (exact) mass is 322 g/mol. The largest absolute Gasteiger partial charge is 0.342 e. The third-order valence-corrected chi connectivity index (χ3v) is 3.24. The number of rotatable bonds is 5. The fraction of sp³-hybridized carbons (Fsp3) is 0.545. The number of hydrogen-bond donors (Lipinski definition) is 0. The second kappa shape index (κ2) is 6.53. The van der Waals surface area contributed by atoms with E-state index < -0.39 is 9.58 Å². The maximum atomic E-state index is 12.0. The Bertz CT molecular complexity index is 500. The highest BCUT2D eigenvalue weighted by molar-refractivity contribution is 6.77. The zero-order valence-electron chi connectivity index (χ0n) is 10.4. The molecule has 104 valence electrons. The number of carbonyl (C=O) groups excluding carboxylic acids is 1. The molecule has 0 radical (unpaired) electrons. The molecule has 1 aromatic rings. The third kappa shape index (κ3) is 4.05.